The zero-order valence-corrected chi connectivity index (χ0v) is 16.1. The first kappa shape index (κ1) is 19.8. The van der Waals surface area contributed by atoms with Gasteiger partial charge >= 0.3 is 0 Å². The van der Waals surface area contributed by atoms with Gasteiger partial charge in [-0.2, -0.15) is 0 Å². The van der Waals surface area contributed by atoms with Gasteiger partial charge in [0.05, 0.1) is 17.5 Å². The molecule has 2 rings (SSSR count). The fourth-order valence-electron chi connectivity index (χ4n) is 2.41. The van der Waals surface area contributed by atoms with Crippen molar-refractivity contribution in [3.8, 4) is 0 Å². The molecule has 0 spiro atoms. The number of carbonyl (C=O) groups excluding carboxylic acids is 2. The van der Waals surface area contributed by atoms with Crippen LogP contribution in [0.2, 0.25) is 0 Å². The molecule has 0 saturated heterocycles. The number of amides is 2. The highest BCUT2D eigenvalue weighted by molar-refractivity contribution is 7.05. The number of rotatable bonds is 7. The van der Waals surface area contributed by atoms with E-state index in [0.717, 1.165) is 10.6 Å². The second-order valence-electron chi connectivity index (χ2n) is 6.52. The number of aromatic nitrogens is 3. The van der Waals surface area contributed by atoms with Gasteiger partial charge in [-0.1, -0.05) is 18.3 Å². The number of nitrogens with zero attached hydrogens (tertiary/aromatic N) is 3. The number of hydrogen-bond acceptors (Lipinski definition) is 6. The van der Waals surface area contributed by atoms with Gasteiger partial charge < -0.3 is 15.2 Å². The molecule has 0 aromatic carbocycles. The Morgan fingerprint density at radius 3 is 2.62 bits per heavy atom. The normalized spacial score (nSPS) is 12.0. The molecule has 2 amide bonds. The molecule has 2 heterocycles. The van der Waals surface area contributed by atoms with Gasteiger partial charge in [-0.3, -0.25) is 14.4 Å². The number of nitrogens with one attached hydrogen (secondary N) is 2. The number of carbonyl (C=O) groups is 2. The Bertz CT molecular complexity index is 816. The van der Waals surface area contributed by atoms with E-state index in [1.807, 2.05) is 13.8 Å². The molecule has 26 heavy (non-hydrogen) atoms. The van der Waals surface area contributed by atoms with Gasteiger partial charge in [-0.25, -0.2) is 0 Å². The highest BCUT2D eigenvalue weighted by Gasteiger charge is 2.18. The molecular weight excluding hydrogens is 354 g/mol. The van der Waals surface area contributed by atoms with Crippen LogP contribution < -0.4 is 10.9 Å². The zero-order chi connectivity index (χ0) is 19.3. The van der Waals surface area contributed by atoms with Crippen molar-refractivity contribution in [2.24, 2.45) is 0 Å². The van der Waals surface area contributed by atoms with E-state index in [1.165, 1.54) is 22.5 Å². The Balaban J connectivity index is 1.92. The van der Waals surface area contributed by atoms with Crippen LogP contribution in [0.3, 0.4) is 0 Å². The third kappa shape index (κ3) is 5.22. The standard InChI is InChI=1S/C17H23N5O3S/c1-10(2)14-6-5-13(17(25)20-14)16(24)19-11(3)9-22(4)15(23)7-12-8-18-21-26-12/h5-6,8,10-11H,7,9H2,1-4H3,(H,19,24)(H,20,25). The maximum atomic E-state index is 12.3. The smallest absolute Gasteiger partial charge is 0.261 e. The largest absolute Gasteiger partial charge is 0.348 e. The summed E-state index contributed by atoms with van der Waals surface area (Å²) in [7, 11) is 1.67. The monoisotopic (exact) mass is 377 g/mol. The quantitative estimate of drug-likeness (QED) is 0.753. The Hall–Kier alpha value is -2.55. The molecule has 0 fully saturated rings. The molecule has 0 aliphatic carbocycles. The Labute approximate surface area is 155 Å². The van der Waals surface area contributed by atoms with Gasteiger partial charge in [-0.15, -0.1) is 5.10 Å². The molecule has 2 aromatic rings. The van der Waals surface area contributed by atoms with Gasteiger partial charge in [0.1, 0.15) is 5.56 Å². The lowest BCUT2D eigenvalue weighted by Crippen LogP contribution is -2.44. The van der Waals surface area contributed by atoms with Crippen molar-refractivity contribution < 1.29 is 9.59 Å². The van der Waals surface area contributed by atoms with Crippen molar-refractivity contribution in [3.63, 3.8) is 0 Å². The minimum atomic E-state index is -0.457. The molecule has 0 radical (unpaired) electrons. The second-order valence-corrected chi connectivity index (χ2v) is 7.39. The lowest BCUT2D eigenvalue weighted by molar-refractivity contribution is -0.129. The summed E-state index contributed by atoms with van der Waals surface area (Å²) in [5.41, 5.74) is 0.427. The first-order valence-corrected chi connectivity index (χ1v) is 9.09. The van der Waals surface area contributed by atoms with E-state index in [2.05, 4.69) is 19.9 Å². The lowest BCUT2D eigenvalue weighted by atomic mass is 10.1. The van der Waals surface area contributed by atoms with E-state index in [9.17, 15) is 14.4 Å². The van der Waals surface area contributed by atoms with Gasteiger partial charge in [-0.05, 0) is 36.5 Å². The minimum Gasteiger partial charge on any atom is -0.348 e. The number of pyridine rings is 1. The van der Waals surface area contributed by atoms with Crippen molar-refractivity contribution in [1.29, 1.82) is 0 Å². The van der Waals surface area contributed by atoms with Crippen molar-refractivity contribution in [1.82, 2.24) is 24.8 Å². The van der Waals surface area contributed by atoms with Crippen molar-refractivity contribution in [3.05, 3.63) is 44.8 Å². The Morgan fingerprint density at radius 1 is 1.31 bits per heavy atom. The summed E-state index contributed by atoms with van der Waals surface area (Å²) >= 11 is 1.18. The molecule has 9 heteroatoms. The van der Waals surface area contributed by atoms with Crippen LogP contribution in [0.25, 0.3) is 0 Å². The summed E-state index contributed by atoms with van der Waals surface area (Å²) < 4.78 is 3.72. The topological polar surface area (TPSA) is 108 Å². The van der Waals surface area contributed by atoms with E-state index >= 15 is 0 Å². The van der Waals surface area contributed by atoms with E-state index in [1.54, 1.807) is 26.2 Å². The van der Waals surface area contributed by atoms with Crippen molar-refractivity contribution >= 4 is 23.3 Å². The predicted octanol–water partition coefficient (Wildman–Crippen LogP) is 1.17. The van der Waals surface area contributed by atoms with Crippen LogP contribution in [0.4, 0.5) is 0 Å². The van der Waals surface area contributed by atoms with Gasteiger partial charge in [0.2, 0.25) is 5.91 Å². The minimum absolute atomic E-state index is 0.0611. The van der Waals surface area contributed by atoms with Gasteiger partial charge in [0.25, 0.3) is 11.5 Å². The van der Waals surface area contributed by atoms with Crippen LogP contribution >= 0.6 is 11.5 Å². The zero-order valence-electron chi connectivity index (χ0n) is 15.3. The molecule has 0 aliphatic heterocycles. The summed E-state index contributed by atoms with van der Waals surface area (Å²) in [5.74, 6) is -0.370. The highest BCUT2D eigenvalue weighted by atomic mass is 32.1. The van der Waals surface area contributed by atoms with Crippen LogP contribution in [0.5, 0.6) is 0 Å². The molecule has 0 saturated carbocycles. The fraction of sp³-hybridized carbons (Fsp3) is 0.471. The van der Waals surface area contributed by atoms with Gasteiger partial charge in [0, 0.05) is 25.3 Å². The second kappa shape index (κ2) is 8.70. The summed E-state index contributed by atoms with van der Waals surface area (Å²) in [4.78, 5) is 41.6. The number of aromatic amines is 1. The molecule has 0 aliphatic rings. The third-order valence-electron chi connectivity index (χ3n) is 3.88. The lowest BCUT2D eigenvalue weighted by Gasteiger charge is -2.22. The maximum Gasteiger partial charge on any atom is 0.261 e. The van der Waals surface area contributed by atoms with Crippen LogP contribution in [-0.2, 0) is 11.2 Å². The summed E-state index contributed by atoms with van der Waals surface area (Å²) in [6, 6.07) is 2.96. The SMILES string of the molecule is CC(CN(C)C(=O)Cc1cnns1)NC(=O)c1ccc(C(C)C)[nH]c1=O. The van der Waals surface area contributed by atoms with Crippen LogP contribution in [-0.4, -0.2) is 50.9 Å². The molecule has 2 N–H and O–H groups in total. The van der Waals surface area contributed by atoms with Crippen LogP contribution in [0.1, 0.15) is 47.6 Å². The van der Waals surface area contributed by atoms with Crippen molar-refractivity contribution in [2.75, 3.05) is 13.6 Å². The van der Waals surface area contributed by atoms with E-state index < -0.39 is 11.5 Å². The molecule has 0 bridgehead atoms. The van der Waals surface area contributed by atoms with E-state index in [-0.39, 0.29) is 29.9 Å². The highest BCUT2D eigenvalue weighted by Crippen LogP contribution is 2.09. The average molecular weight is 377 g/mol. The number of likely N-dealkylation sites (N-methyl/N-ethyl adjacent to an activating group) is 1. The summed E-state index contributed by atoms with van der Waals surface area (Å²) in [6.07, 6.45) is 1.79. The van der Waals surface area contributed by atoms with Gasteiger partial charge in [0.15, 0.2) is 0 Å². The van der Waals surface area contributed by atoms with Crippen LogP contribution in [0, 0.1) is 0 Å². The van der Waals surface area contributed by atoms with Crippen molar-refractivity contribution in [2.45, 2.75) is 39.2 Å². The molecule has 8 nitrogen and oxygen atoms in total. The summed E-state index contributed by atoms with van der Waals surface area (Å²) in [6.45, 7) is 6.04. The Kier molecular flexibility index (Phi) is 6.62. The molecule has 2 aromatic heterocycles. The molecule has 140 valence electrons. The van der Waals surface area contributed by atoms with E-state index in [4.69, 9.17) is 0 Å². The predicted molar refractivity (Wildman–Crippen MR) is 99.3 cm³/mol. The average Bonchev–Trinajstić information content (AvgIpc) is 3.07. The first-order chi connectivity index (χ1) is 12.3. The summed E-state index contributed by atoms with van der Waals surface area (Å²) in [5, 5.41) is 6.46. The maximum absolute atomic E-state index is 12.3. The Morgan fingerprint density at radius 2 is 2.04 bits per heavy atom. The molecular formula is C17H23N5O3S. The first-order valence-electron chi connectivity index (χ1n) is 8.32. The molecule has 1 atom stereocenters. The fourth-order valence-corrected chi connectivity index (χ4v) is 2.90. The van der Waals surface area contributed by atoms with E-state index in [0.29, 0.717) is 6.54 Å². The van der Waals surface area contributed by atoms with Crippen LogP contribution in [0.15, 0.2) is 23.1 Å². The number of H-pyrrole nitrogens is 1. The molecule has 1 unspecified atom stereocenters. The third-order valence-corrected chi connectivity index (χ3v) is 4.54. The number of hydrogen-bond donors (Lipinski definition) is 2.